The van der Waals surface area contributed by atoms with Crippen molar-refractivity contribution in [1.82, 2.24) is 9.29 Å². The fourth-order valence-electron chi connectivity index (χ4n) is 2.97. The SMILES string of the molecule is Cc1ccc(C)c(S(=O)(=O)N2CCN(c3ccc(Cl)c(C#N)n3)CC2)c1. The third kappa shape index (κ3) is 3.54. The van der Waals surface area contributed by atoms with Gasteiger partial charge in [-0.05, 0) is 43.2 Å². The summed E-state index contributed by atoms with van der Waals surface area (Å²) in [5, 5.41) is 9.37. The van der Waals surface area contributed by atoms with Crippen LogP contribution < -0.4 is 4.90 Å². The van der Waals surface area contributed by atoms with Gasteiger partial charge in [-0.2, -0.15) is 9.57 Å². The Morgan fingerprint density at radius 2 is 1.81 bits per heavy atom. The lowest BCUT2D eigenvalue weighted by Gasteiger charge is -2.35. The summed E-state index contributed by atoms with van der Waals surface area (Å²) < 4.78 is 27.5. The van der Waals surface area contributed by atoms with E-state index in [1.165, 1.54) is 4.31 Å². The van der Waals surface area contributed by atoms with Crippen LogP contribution in [-0.2, 0) is 10.0 Å². The van der Waals surface area contributed by atoms with Crippen LogP contribution in [0, 0.1) is 25.2 Å². The Bertz CT molecular complexity index is 977. The van der Waals surface area contributed by atoms with E-state index in [9.17, 15) is 8.42 Å². The zero-order valence-corrected chi connectivity index (χ0v) is 16.2. The summed E-state index contributed by atoms with van der Waals surface area (Å²) in [4.78, 5) is 6.58. The molecule has 0 radical (unpaired) electrons. The van der Waals surface area contributed by atoms with Crippen molar-refractivity contribution in [2.24, 2.45) is 0 Å². The van der Waals surface area contributed by atoms with Crippen molar-refractivity contribution in [2.45, 2.75) is 18.7 Å². The Kier molecular flexibility index (Phi) is 5.19. The zero-order valence-electron chi connectivity index (χ0n) is 14.6. The Hall–Kier alpha value is -2.14. The van der Waals surface area contributed by atoms with E-state index in [1.54, 1.807) is 18.2 Å². The molecule has 6 nitrogen and oxygen atoms in total. The number of rotatable bonds is 3. The number of hydrogen-bond donors (Lipinski definition) is 0. The van der Waals surface area contributed by atoms with Crippen LogP contribution in [0.3, 0.4) is 0 Å². The summed E-state index contributed by atoms with van der Waals surface area (Å²) in [6.45, 7) is 5.43. The molecule has 136 valence electrons. The number of anilines is 1. The van der Waals surface area contributed by atoms with Gasteiger partial charge in [0, 0.05) is 26.2 Å². The monoisotopic (exact) mass is 390 g/mol. The lowest BCUT2D eigenvalue weighted by Crippen LogP contribution is -2.49. The van der Waals surface area contributed by atoms with E-state index in [0.717, 1.165) is 11.1 Å². The smallest absolute Gasteiger partial charge is 0.243 e. The molecule has 0 amide bonds. The predicted molar refractivity (Wildman–Crippen MR) is 101 cm³/mol. The minimum atomic E-state index is -3.53. The third-order valence-corrected chi connectivity index (χ3v) is 6.81. The molecule has 2 aromatic rings. The molecule has 0 saturated carbocycles. The van der Waals surface area contributed by atoms with Crippen LogP contribution in [-0.4, -0.2) is 43.9 Å². The Morgan fingerprint density at radius 3 is 2.46 bits per heavy atom. The zero-order chi connectivity index (χ0) is 18.9. The van der Waals surface area contributed by atoms with Crippen molar-refractivity contribution in [3.63, 3.8) is 0 Å². The summed E-state index contributed by atoms with van der Waals surface area (Å²) in [5.74, 6) is 0.634. The number of halogens is 1. The Balaban J connectivity index is 1.78. The molecule has 1 aromatic carbocycles. The van der Waals surface area contributed by atoms with Crippen LogP contribution in [0.2, 0.25) is 5.02 Å². The summed E-state index contributed by atoms with van der Waals surface area (Å²) in [6, 6.07) is 10.8. The fraction of sp³-hybridized carbons (Fsp3) is 0.333. The quantitative estimate of drug-likeness (QED) is 0.805. The summed E-state index contributed by atoms with van der Waals surface area (Å²) in [6.07, 6.45) is 0. The maximum absolute atomic E-state index is 13.0. The van der Waals surface area contributed by atoms with E-state index in [4.69, 9.17) is 16.9 Å². The average Bonchev–Trinajstić information content (AvgIpc) is 2.64. The van der Waals surface area contributed by atoms with Crippen molar-refractivity contribution in [3.05, 3.63) is 52.2 Å². The molecule has 1 fully saturated rings. The van der Waals surface area contributed by atoms with Gasteiger partial charge in [-0.1, -0.05) is 23.7 Å². The van der Waals surface area contributed by atoms with Gasteiger partial charge >= 0.3 is 0 Å². The third-order valence-electron chi connectivity index (χ3n) is 4.46. The number of sulfonamides is 1. The minimum Gasteiger partial charge on any atom is -0.354 e. The van der Waals surface area contributed by atoms with Gasteiger partial charge in [0.2, 0.25) is 10.0 Å². The normalized spacial score (nSPS) is 15.7. The van der Waals surface area contributed by atoms with Crippen LogP contribution in [0.25, 0.3) is 0 Å². The molecule has 0 unspecified atom stereocenters. The molecule has 26 heavy (non-hydrogen) atoms. The van der Waals surface area contributed by atoms with E-state index < -0.39 is 10.0 Å². The van der Waals surface area contributed by atoms with Gasteiger partial charge in [0.25, 0.3) is 0 Å². The van der Waals surface area contributed by atoms with Gasteiger partial charge in [-0.15, -0.1) is 0 Å². The van der Waals surface area contributed by atoms with Crippen molar-refractivity contribution in [3.8, 4) is 6.07 Å². The van der Waals surface area contributed by atoms with Crippen LogP contribution in [0.15, 0.2) is 35.2 Å². The van der Waals surface area contributed by atoms with Crippen molar-refractivity contribution in [1.29, 1.82) is 5.26 Å². The van der Waals surface area contributed by atoms with E-state index in [0.29, 0.717) is 41.9 Å². The van der Waals surface area contributed by atoms with Gasteiger partial charge in [0.15, 0.2) is 5.69 Å². The molecule has 0 aliphatic carbocycles. The predicted octanol–water partition coefficient (Wildman–Crippen LogP) is 2.73. The molecule has 2 heterocycles. The standard InChI is InChI=1S/C18H19ClN4O2S/c1-13-3-4-14(2)17(11-13)26(24,25)23-9-7-22(8-10-23)18-6-5-15(19)16(12-20)21-18/h3-6,11H,7-10H2,1-2H3. The first-order valence-electron chi connectivity index (χ1n) is 8.22. The first-order valence-corrected chi connectivity index (χ1v) is 10.0. The molecule has 3 rings (SSSR count). The summed E-state index contributed by atoms with van der Waals surface area (Å²) >= 11 is 5.92. The maximum atomic E-state index is 13.0. The number of hydrogen-bond acceptors (Lipinski definition) is 5. The highest BCUT2D eigenvalue weighted by atomic mass is 35.5. The number of nitrogens with zero attached hydrogens (tertiary/aromatic N) is 4. The number of nitriles is 1. The highest BCUT2D eigenvalue weighted by Crippen LogP contribution is 2.24. The molecule has 1 saturated heterocycles. The number of aryl methyl sites for hydroxylation is 2. The second-order valence-corrected chi connectivity index (χ2v) is 8.59. The summed E-state index contributed by atoms with van der Waals surface area (Å²) in [7, 11) is -3.53. The van der Waals surface area contributed by atoms with E-state index in [2.05, 4.69) is 4.98 Å². The van der Waals surface area contributed by atoms with Crippen molar-refractivity contribution >= 4 is 27.4 Å². The van der Waals surface area contributed by atoms with Crippen LogP contribution >= 0.6 is 11.6 Å². The van der Waals surface area contributed by atoms with Crippen molar-refractivity contribution < 1.29 is 8.42 Å². The highest BCUT2D eigenvalue weighted by Gasteiger charge is 2.30. The number of pyridine rings is 1. The van der Waals surface area contributed by atoms with Gasteiger partial charge < -0.3 is 4.90 Å². The molecular weight excluding hydrogens is 372 g/mol. The van der Waals surface area contributed by atoms with Crippen LogP contribution in [0.5, 0.6) is 0 Å². The second kappa shape index (κ2) is 7.23. The topological polar surface area (TPSA) is 77.3 Å². The second-order valence-electron chi connectivity index (χ2n) is 6.27. The minimum absolute atomic E-state index is 0.176. The van der Waals surface area contributed by atoms with Gasteiger partial charge in [0.1, 0.15) is 11.9 Å². The van der Waals surface area contributed by atoms with E-state index in [-0.39, 0.29) is 5.69 Å². The molecule has 8 heteroatoms. The van der Waals surface area contributed by atoms with Gasteiger partial charge in [-0.25, -0.2) is 13.4 Å². The molecule has 0 atom stereocenters. The van der Waals surface area contributed by atoms with E-state index >= 15 is 0 Å². The summed E-state index contributed by atoms with van der Waals surface area (Å²) in [5.41, 5.74) is 1.84. The van der Waals surface area contributed by atoms with Crippen molar-refractivity contribution in [2.75, 3.05) is 31.1 Å². The van der Waals surface area contributed by atoms with E-state index in [1.807, 2.05) is 36.9 Å². The number of piperazine rings is 1. The lowest BCUT2D eigenvalue weighted by atomic mass is 10.2. The first-order chi connectivity index (χ1) is 12.3. The lowest BCUT2D eigenvalue weighted by molar-refractivity contribution is 0.383. The first kappa shape index (κ1) is 18.6. The number of aromatic nitrogens is 1. The number of benzene rings is 1. The van der Waals surface area contributed by atoms with Gasteiger partial charge in [-0.3, -0.25) is 0 Å². The maximum Gasteiger partial charge on any atom is 0.243 e. The fourth-order valence-corrected chi connectivity index (χ4v) is 4.85. The average molecular weight is 391 g/mol. The Labute approximate surface area is 158 Å². The molecule has 1 aliphatic heterocycles. The molecule has 0 N–H and O–H groups in total. The van der Waals surface area contributed by atoms with Crippen LogP contribution in [0.4, 0.5) is 5.82 Å². The molecule has 1 aliphatic rings. The molecule has 0 bridgehead atoms. The van der Waals surface area contributed by atoms with Gasteiger partial charge in [0.05, 0.1) is 9.92 Å². The molecular formula is C18H19ClN4O2S. The largest absolute Gasteiger partial charge is 0.354 e. The highest BCUT2D eigenvalue weighted by molar-refractivity contribution is 7.89. The van der Waals surface area contributed by atoms with Crippen LogP contribution in [0.1, 0.15) is 16.8 Å². The molecule has 1 aromatic heterocycles. The Morgan fingerprint density at radius 1 is 1.12 bits per heavy atom. The molecule has 0 spiro atoms.